The molecule has 0 bridgehead atoms. The first-order valence-corrected chi connectivity index (χ1v) is 7.70. The van der Waals surface area contributed by atoms with Crippen LogP contribution in [0.15, 0.2) is 11.3 Å². The molecule has 0 fully saturated rings. The number of carbonyl (C=O) groups excluding carboxylic acids is 1. The summed E-state index contributed by atoms with van der Waals surface area (Å²) in [5.74, 6) is 1.59. The van der Waals surface area contributed by atoms with Crippen LogP contribution in [0, 0.1) is 0 Å². The summed E-state index contributed by atoms with van der Waals surface area (Å²) < 4.78 is 6.94. The normalized spacial score (nSPS) is 16.8. The van der Waals surface area contributed by atoms with Gasteiger partial charge >= 0.3 is 0 Å². The standard InChI is InChI=1S/C14H25N7O2.HI/c1-20(2)13(22)8-16-14(15-6-7-23-3)19-11-4-5-12-17-10-18-21(12)9-11;/h10-11H,4-9H2,1-3H3,(H2,15,16,19);1H. The molecule has 136 valence electrons. The van der Waals surface area contributed by atoms with Crippen molar-refractivity contribution >= 4 is 35.8 Å². The van der Waals surface area contributed by atoms with Crippen LogP contribution in [-0.2, 0) is 22.5 Å². The van der Waals surface area contributed by atoms with Gasteiger partial charge in [-0.15, -0.1) is 24.0 Å². The van der Waals surface area contributed by atoms with Gasteiger partial charge in [-0.05, 0) is 6.42 Å². The van der Waals surface area contributed by atoms with Crippen molar-refractivity contribution in [2.24, 2.45) is 4.99 Å². The molecule has 1 atom stereocenters. The number of hydrogen-bond acceptors (Lipinski definition) is 5. The summed E-state index contributed by atoms with van der Waals surface area (Å²) in [6.07, 6.45) is 3.41. The molecule has 1 aliphatic rings. The number of halogens is 1. The van der Waals surface area contributed by atoms with Gasteiger partial charge in [0, 0.05) is 40.2 Å². The Labute approximate surface area is 159 Å². The summed E-state index contributed by atoms with van der Waals surface area (Å²) in [5, 5.41) is 10.8. The third kappa shape index (κ3) is 6.23. The molecule has 1 amide bonds. The van der Waals surface area contributed by atoms with Crippen molar-refractivity contribution < 1.29 is 9.53 Å². The number of nitrogens with zero attached hydrogens (tertiary/aromatic N) is 5. The first kappa shape index (κ1) is 20.6. The number of methoxy groups -OCH3 is 1. The van der Waals surface area contributed by atoms with Gasteiger partial charge in [-0.2, -0.15) is 5.10 Å². The largest absolute Gasteiger partial charge is 0.383 e. The lowest BCUT2D eigenvalue weighted by Gasteiger charge is -2.25. The average molecular weight is 451 g/mol. The number of hydrogen-bond donors (Lipinski definition) is 2. The van der Waals surface area contributed by atoms with Crippen molar-refractivity contribution in [1.29, 1.82) is 0 Å². The highest BCUT2D eigenvalue weighted by atomic mass is 127. The van der Waals surface area contributed by atoms with E-state index in [9.17, 15) is 4.79 Å². The summed E-state index contributed by atoms with van der Waals surface area (Å²) in [6, 6.07) is 0.201. The topological polar surface area (TPSA) is 96.7 Å². The van der Waals surface area contributed by atoms with Crippen LogP contribution in [0.2, 0.25) is 0 Å². The maximum Gasteiger partial charge on any atom is 0.243 e. The van der Waals surface area contributed by atoms with E-state index in [1.165, 1.54) is 4.90 Å². The zero-order valence-electron chi connectivity index (χ0n) is 14.4. The minimum Gasteiger partial charge on any atom is -0.383 e. The fourth-order valence-corrected chi connectivity index (χ4v) is 2.26. The molecular formula is C14H26IN7O2. The second-order valence-electron chi connectivity index (χ2n) is 5.61. The number of nitrogens with one attached hydrogen (secondary N) is 2. The summed E-state index contributed by atoms with van der Waals surface area (Å²) in [5.41, 5.74) is 0. The van der Waals surface area contributed by atoms with Gasteiger partial charge in [0.05, 0.1) is 13.2 Å². The molecular weight excluding hydrogens is 425 g/mol. The first-order valence-electron chi connectivity index (χ1n) is 7.70. The fraction of sp³-hybridized carbons (Fsp3) is 0.714. The van der Waals surface area contributed by atoms with Gasteiger partial charge in [-0.1, -0.05) is 0 Å². The molecule has 2 rings (SSSR count). The van der Waals surface area contributed by atoms with E-state index in [1.54, 1.807) is 27.5 Å². The van der Waals surface area contributed by atoms with Gasteiger partial charge in [0.25, 0.3) is 0 Å². The van der Waals surface area contributed by atoms with Crippen LogP contribution >= 0.6 is 24.0 Å². The number of aromatic nitrogens is 3. The number of guanidine groups is 1. The lowest BCUT2D eigenvalue weighted by molar-refractivity contribution is -0.127. The molecule has 0 aromatic carbocycles. The van der Waals surface area contributed by atoms with E-state index in [-0.39, 0.29) is 42.5 Å². The number of carbonyl (C=O) groups is 1. The van der Waals surface area contributed by atoms with Crippen molar-refractivity contribution in [2.45, 2.75) is 25.4 Å². The van der Waals surface area contributed by atoms with Crippen molar-refractivity contribution in [1.82, 2.24) is 30.3 Å². The Kier molecular flexibility index (Phi) is 8.97. The van der Waals surface area contributed by atoms with Gasteiger partial charge in [0.2, 0.25) is 5.91 Å². The molecule has 10 heteroatoms. The van der Waals surface area contributed by atoms with Crippen molar-refractivity contribution in [3.05, 3.63) is 12.2 Å². The smallest absolute Gasteiger partial charge is 0.243 e. The third-order valence-electron chi connectivity index (χ3n) is 3.62. The van der Waals surface area contributed by atoms with E-state index in [4.69, 9.17) is 4.74 Å². The Balaban J connectivity index is 0.00000288. The van der Waals surface area contributed by atoms with Crippen molar-refractivity contribution in [2.75, 3.05) is 40.9 Å². The molecule has 1 aromatic rings. The highest BCUT2D eigenvalue weighted by Gasteiger charge is 2.20. The minimum absolute atomic E-state index is 0. The van der Waals surface area contributed by atoms with Gasteiger partial charge in [-0.3, -0.25) is 4.79 Å². The molecule has 1 unspecified atom stereocenters. The van der Waals surface area contributed by atoms with Crippen LogP contribution in [0.5, 0.6) is 0 Å². The third-order valence-corrected chi connectivity index (χ3v) is 3.62. The van der Waals surface area contributed by atoms with E-state index in [2.05, 4.69) is 25.7 Å². The zero-order chi connectivity index (χ0) is 16.7. The lowest BCUT2D eigenvalue weighted by atomic mass is 10.1. The van der Waals surface area contributed by atoms with Gasteiger partial charge < -0.3 is 20.3 Å². The van der Waals surface area contributed by atoms with Crippen LogP contribution in [0.4, 0.5) is 0 Å². The molecule has 0 aliphatic carbocycles. The molecule has 24 heavy (non-hydrogen) atoms. The predicted octanol–water partition coefficient (Wildman–Crippen LogP) is -0.519. The highest BCUT2D eigenvalue weighted by molar-refractivity contribution is 14.0. The van der Waals surface area contributed by atoms with Crippen LogP contribution in [0.1, 0.15) is 12.2 Å². The molecule has 0 spiro atoms. The van der Waals surface area contributed by atoms with Gasteiger partial charge in [0.15, 0.2) is 5.96 Å². The summed E-state index contributed by atoms with van der Waals surface area (Å²) >= 11 is 0. The van der Waals surface area contributed by atoms with Crippen LogP contribution in [0.3, 0.4) is 0 Å². The molecule has 0 radical (unpaired) electrons. The molecule has 2 heterocycles. The number of likely N-dealkylation sites (N-methyl/N-ethyl adjacent to an activating group) is 1. The highest BCUT2D eigenvalue weighted by Crippen LogP contribution is 2.11. The Morgan fingerprint density at radius 3 is 3.04 bits per heavy atom. The van der Waals surface area contributed by atoms with E-state index >= 15 is 0 Å². The number of ether oxygens (including phenoxy) is 1. The minimum atomic E-state index is -0.0416. The van der Waals surface area contributed by atoms with Crippen LogP contribution in [0.25, 0.3) is 0 Å². The van der Waals surface area contributed by atoms with E-state index in [1.807, 2.05) is 4.68 Å². The average Bonchev–Trinajstić information content (AvgIpc) is 2.99. The van der Waals surface area contributed by atoms with E-state index in [0.717, 1.165) is 25.2 Å². The number of rotatable bonds is 6. The molecule has 1 aromatic heterocycles. The van der Waals surface area contributed by atoms with Crippen molar-refractivity contribution in [3.63, 3.8) is 0 Å². The predicted molar refractivity (Wildman–Crippen MR) is 102 cm³/mol. The van der Waals surface area contributed by atoms with Crippen LogP contribution in [-0.4, -0.2) is 78.5 Å². The number of aryl methyl sites for hydroxylation is 1. The molecule has 1 aliphatic heterocycles. The number of fused-ring (bicyclic) bond motifs is 1. The number of aliphatic imine (C=N–C) groups is 1. The van der Waals surface area contributed by atoms with Crippen LogP contribution < -0.4 is 10.6 Å². The van der Waals surface area contributed by atoms with Gasteiger partial charge in [-0.25, -0.2) is 14.7 Å². The molecule has 9 nitrogen and oxygen atoms in total. The Morgan fingerprint density at radius 1 is 1.54 bits per heavy atom. The lowest BCUT2D eigenvalue weighted by Crippen LogP contribution is -2.48. The fourth-order valence-electron chi connectivity index (χ4n) is 2.26. The quantitative estimate of drug-likeness (QED) is 0.262. The van der Waals surface area contributed by atoms with E-state index in [0.29, 0.717) is 19.1 Å². The van der Waals surface area contributed by atoms with Gasteiger partial charge in [0.1, 0.15) is 18.7 Å². The molecule has 0 saturated heterocycles. The maximum atomic E-state index is 11.7. The first-order chi connectivity index (χ1) is 11.1. The second kappa shape index (κ2) is 10.4. The second-order valence-corrected chi connectivity index (χ2v) is 5.61. The van der Waals surface area contributed by atoms with Crippen molar-refractivity contribution in [3.8, 4) is 0 Å². The Hall–Kier alpha value is -1.43. The zero-order valence-corrected chi connectivity index (χ0v) is 16.7. The maximum absolute atomic E-state index is 11.7. The summed E-state index contributed by atoms with van der Waals surface area (Å²) in [6.45, 7) is 2.04. The van der Waals surface area contributed by atoms with E-state index < -0.39 is 0 Å². The summed E-state index contributed by atoms with van der Waals surface area (Å²) in [4.78, 5) is 21.8. The molecule has 2 N–H and O–H groups in total. The SMILES string of the molecule is COCCNC(=NCC(=O)N(C)C)NC1CCc2ncnn2C1.I. The monoisotopic (exact) mass is 451 g/mol. The Bertz CT molecular complexity index is 547. The number of amides is 1. The molecule has 0 saturated carbocycles. The Morgan fingerprint density at radius 2 is 2.33 bits per heavy atom. The summed E-state index contributed by atoms with van der Waals surface area (Å²) in [7, 11) is 5.09.